The fourth-order valence-electron chi connectivity index (χ4n) is 4.98. The average molecular weight is 499 g/mol. The third kappa shape index (κ3) is 7.53. The van der Waals surface area contributed by atoms with E-state index in [-0.39, 0.29) is 16.7 Å². The van der Waals surface area contributed by atoms with Crippen molar-refractivity contribution in [3.05, 3.63) is 54.1 Å². The van der Waals surface area contributed by atoms with E-state index in [0.29, 0.717) is 19.6 Å². The summed E-state index contributed by atoms with van der Waals surface area (Å²) in [5.74, 6) is 0.151. The molecule has 2 aromatic rings. The number of hydrogen-bond donors (Lipinski definition) is 2. The van der Waals surface area contributed by atoms with Gasteiger partial charge in [0, 0.05) is 37.6 Å². The first-order valence-corrected chi connectivity index (χ1v) is 14.3. The Bertz CT molecular complexity index is 1060. The van der Waals surface area contributed by atoms with Gasteiger partial charge in [-0.3, -0.25) is 9.69 Å². The number of amides is 1. The number of sulfonamides is 1. The molecule has 2 fully saturated rings. The van der Waals surface area contributed by atoms with Crippen molar-refractivity contribution in [1.29, 1.82) is 0 Å². The van der Waals surface area contributed by atoms with Crippen molar-refractivity contribution in [2.24, 2.45) is 5.92 Å². The Hall–Kier alpha value is -2.42. The largest absolute Gasteiger partial charge is 0.372 e. The monoisotopic (exact) mass is 498 g/mol. The van der Waals surface area contributed by atoms with Crippen molar-refractivity contribution >= 4 is 27.3 Å². The van der Waals surface area contributed by atoms with E-state index in [1.165, 1.54) is 31.4 Å². The number of piperidine rings is 1. The van der Waals surface area contributed by atoms with Gasteiger partial charge in [-0.15, -0.1) is 0 Å². The number of rotatable bonds is 8. The molecule has 0 spiro atoms. The molecule has 1 amide bonds. The lowest BCUT2D eigenvalue weighted by Gasteiger charge is -2.32. The molecule has 0 bridgehead atoms. The highest BCUT2D eigenvalue weighted by atomic mass is 32.2. The van der Waals surface area contributed by atoms with Crippen molar-refractivity contribution in [3.63, 3.8) is 0 Å². The summed E-state index contributed by atoms with van der Waals surface area (Å²) in [6, 6.07) is 15.0. The zero-order chi connectivity index (χ0) is 24.7. The number of benzene rings is 2. The summed E-state index contributed by atoms with van der Waals surface area (Å²) in [4.78, 5) is 17.5. The van der Waals surface area contributed by atoms with Crippen LogP contribution in [0.3, 0.4) is 0 Å². The van der Waals surface area contributed by atoms with E-state index in [1.54, 1.807) is 24.3 Å². The van der Waals surface area contributed by atoms with Crippen molar-refractivity contribution < 1.29 is 13.2 Å². The fourth-order valence-corrected chi connectivity index (χ4v) is 6.09. The third-order valence-electron chi connectivity index (χ3n) is 6.99. The van der Waals surface area contributed by atoms with Crippen LogP contribution in [0.15, 0.2) is 53.4 Å². The van der Waals surface area contributed by atoms with Crippen LogP contribution in [-0.4, -0.2) is 58.5 Å². The smallest absolute Gasteiger partial charge is 0.240 e. The second-order valence-corrected chi connectivity index (χ2v) is 11.7. The van der Waals surface area contributed by atoms with Gasteiger partial charge in [-0.2, -0.15) is 0 Å². The molecular weight excluding hydrogens is 460 g/mol. The van der Waals surface area contributed by atoms with E-state index in [2.05, 4.69) is 32.0 Å². The highest BCUT2D eigenvalue weighted by Gasteiger charge is 2.24. The summed E-state index contributed by atoms with van der Waals surface area (Å²) in [5, 5.41) is 3.02. The third-order valence-corrected chi connectivity index (χ3v) is 8.43. The molecule has 0 saturated carbocycles. The molecule has 2 N–H and O–H groups in total. The maximum atomic E-state index is 12.7. The van der Waals surface area contributed by atoms with Crippen molar-refractivity contribution in [2.75, 3.05) is 49.5 Å². The Morgan fingerprint density at radius 2 is 1.60 bits per heavy atom. The minimum atomic E-state index is -3.52. The molecule has 0 radical (unpaired) electrons. The average Bonchev–Trinajstić information content (AvgIpc) is 3.14. The maximum absolute atomic E-state index is 12.7. The van der Waals surface area contributed by atoms with Crippen LogP contribution in [0.4, 0.5) is 11.4 Å². The van der Waals surface area contributed by atoms with Gasteiger partial charge < -0.3 is 10.2 Å². The van der Waals surface area contributed by atoms with Crippen molar-refractivity contribution in [2.45, 2.75) is 50.3 Å². The van der Waals surface area contributed by atoms with Crippen LogP contribution < -0.4 is 14.9 Å². The molecule has 2 aliphatic rings. The Morgan fingerprint density at radius 1 is 0.914 bits per heavy atom. The van der Waals surface area contributed by atoms with Gasteiger partial charge in [0.2, 0.25) is 15.9 Å². The maximum Gasteiger partial charge on any atom is 0.240 e. The number of hydrogen-bond acceptors (Lipinski definition) is 5. The lowest BCUT2D eigenvalue weighted by molar-refractivity contribution is -0.117. The molecule has 0 aliphatic carbocycles. The van der Waals surface area contributed by atoms with Crippen molar-refractivity contribution in [3.8, 4) is 0 Å². The van der Waals surface area contributed by atoms with Gasteiger partial charge in [-0.05, 0) is 81.5 Å². The summed E-state index contributed by atoms with van der Waals surface area (Å²) in [7, 11) is -3.52. The second kappa shape index (κ2) is 12.0. The van der Waals surface area contributed by atoms with Crippen LogP contribution >= 0.6 is 0 Å². The Labute approximate surface area is 209 Å². The molecule has 1 unspecified atom stereocenters. The normalized spacial score (nSPS) is 19.8. The van der Waals surface area contributed by atoms with Crippen LogP contribution in [-0.2, 0) is 14.8 Å². The standard InChI is InChI=1S/C27H38N4O3S/c1-22-8-14-26(15-9-22)35(33,34)28-19-23-7-6-16-30(20-23)21-27(32)29-24-10-12-25(13-11-24)31-17-4-2-3-5-18-31/h8-15,23,28H,2-7,16-21H2,1H3,(H,29,32). The molecule has 8 heteroatoms. The molecular formula is C27H38N4O3S. The summed E-state index contributed by atoms with van der Waals surface area (Å²) >= 11 is 0. The lowest BCUT2D eigenvalue weighted by atomic mass is 9.98. The first kappa shape index (κ1) is 25.7. The molecule has 2 saturated heterocycles. The minimum Gasteiger partial charge on any atom is -0.372 e. The summed E-state index contributed by atoms with van der Waals surface area (Å²) < 4.78 is 28.0. The van der Waals surface area contributed by atoms with Gasteiger partial charge in [0.05, 0.1) is 11.4 Å². The first-order valence-electron chi connectivity index (χ1n) is 12.8. The van der Waals surface area contributed by atoms with E-state index in [0.717, 1.165) is 43.7 Å². The van der Waals surface area contributed by atoms with Gasteiger partial charge in [0.1, 0.15) is 0 Å². The van der Waals surface area contributed by atoms with Crippen LogP contribution in [0, 0.1) is 12.8 Å². The van der Waals surface area contributed by atoms with E-state index in [1.807, 2.05) is 19.1 Å². The zero-order valence-corrected chi connectivity index (χ0v) is 21.5. The highest BCUT2D eigenvalue weighted by Crippen LogP contribution is 2.22. The van der Waals surface area contributed by atoms with Gasteiger partial charge in [0.25, 0.3) is 0 Å². The van der Waals surface area contributed by atoms with Crippen molar-refractivity contribution in [1.82, 2.24) is 9.62 Å². The number of likely N-dealkylation sites (tertiary alicyclic amines) is 1. The number of aryl methyl sites for hydroxylation is 1. The predicted molar refractivity (Wildman–Crippen MR) is 141 cm³/mol. The van der Waals surface area contributed by atoms with Gasteiger partial charge in [-0.25, -0.2) is 13.1 Å². The molecule has 2 heterocycles. The molecule has 190 valence electrons. The summed E-state index contributed by atoms with van der Waals surface area (Å²) in [6.07, 6.45) is 6.99. The summed E-state index contributed by atoms with van der Waals surface area (Å²) in [6.45, 7) is 6.38. The molecule has 4 rings (SSSR count). The summed E-state index contributed by atoms with van der Waals surface area (Å²) in [5.41, 5.74) is 3.06. The molecule has 0 aromatic heterocycles. The Morgan fingerprint density at radius 3 is 2.29 bits per heavy atom. The molecule has 2 aromatic carbocycles. The molecule has 7 nitrogen and oxygen atoms in total. The van der Waals surface area contributed by atoms with Crippen LogP contribution in [0.1, 0.15) is 44.1 Å². The SMILES string of the molecule is Cc1ccc(S(=O)(=O)NCC2CCCN(CC(=O)Nc3ccc(N4CCCCCC4)cc3)C2)cc1. The van der Waals surface area contributed by atoms with E-state index in [9.17, 15) is 13.2 Å². The molecule has 35 heavy (non-hydrogen) atoms. The van der Waals surface area contributed by atoms with E-state index >= 15 is 0 Å². The van der Waals surface area contributed by atoms with Crippen LogP contribution in [0.2, 0.25) is 0 Å². The topological polar surface area (TPSA) is 81.8 Å². The Balaban J connectivity index is 1.24. The van der Waals surface area contributed by atoms with Gasteiger partial charge >= 0.3 is 0 Å². The number of carbonyl (C=O) groups is 1. The molecule has 1 atom stereocenters. The quantitative estimate of drug-likeness (QED) is 0.575. The molecule has 2 aliphatic heterocycles. The van der Waals surface area contributed by atoms with Crippen LogP contribution in [0.25, 0.3) is 0 Å². The lowest BCUT2D eigenvalue weighted by Crippen LogP contribution is -2.43. The highest BCUT2D eigenvalue weighted by molar-refractivity contribution is 7.89. The fraction of sp³-hybridized carbons (Fsp3) is 0.519. The first-order chi connectivity index (χ1) is 16.9. The van der Waals surface area contributed by atoms with Crippen LogP contribution in [0.5, 0.6) is 0 Å². The number of nitrogens with zero attached hydrogens (tertiary/aromatic N) is 2. The minimum absolute atomic E-state index is 0.0339. The van der Waals surface area contributed by atoms with Gasteiger partial charge in [-0.1, -0.05) is 30.5 Å². The number of anilines is 2. The number of nitrogens with one attached hydrogen (secondary N) is 2. The van der Waals surface area contributed by atoms with E-state index in [4.69, 9.17) is 0 Å². The number of carbonyl (C=O) groups excluding carboxylic acids is 1. The predicted octanol–water partition coefficient (Wildman–Crippen LogP) is 4.00. The Kier molecular flexibility index (Phi) is 8.81. The zero-order valence-electron chi connectivity index (χ0n) is 20.7. The second-order valence-electron chi connectivity index (χ2n) is 9.90. The van der Waals surface area contributed by atoms with Gasteiger partial charge in [0.15, 0.2) is 0 Å². The van der Waals surface area contributed by atoms with E-state index < -0.39 is 10.0 Å².